The van der Waals surface area contributed by atoms with Gasteiger partial charge in [-0.3, -0.25) is 4.98 Å². The van der Waals surface area contributed by atoms with Crippen molar-refractivity contribution < 1.29 is 5.48 Å². The summed E-state index contributed by atoms with van der Waals surface area (Å²) in [5.74, 6) is 0. The van der Waals surface area contributed by atoms with Crippen molar-refractivity contribution in [3.63, 3.8) is 0 Å². The van der Waals surface area contributed by atoms with E-state index in [-0.39, 0.29) is 35.0 Å². The van der Waals surface area contributed by atoms with Crippen molar-refractivity contribution in [2.45, 2.75) is 0 Å². The van der Waals surface area contributed by atoms with Gasteiger partial charge in [0.25, 0.3) is 0 Å². The number of pyridine rings is 1. The van der Waals surface area contributed by atoms with Crippen LogP contribution in [-0.4, -0.2) is 34.5 Å². The maximum Gasteiger partial charge on any atom is 0.0267 e. The fraction of sp³-hybridized carbons (Fsp3) is 0. The molecule has 1 heterocycles. The Kier molecular flexibility index (Phi) is 9.76. The van der Waals surface area contributed by atoms with Gasteiger partial charge in [-0.15, -0.1) is 0 Å². The summed E-state index contributed by atoms with van der Waals surface area (Å²) >= 11 is 0. The summed E-state index contributed by atoms with van der Waals surface area (Å²) in [6, 6.07) is 5.72. The molecule has 2 nitrogen and oxygen atoms in total. The van der Waals surface area contributed by atoms with Crippen molar-refractivity contribution in [2.75, 3.05) is 0 Å². The molecule has 1 aromatic rings. The van der Waals surface area contributed by atoms with Gasteiger partial charge in [-0.2, -0.15) is 0 Å². The molecule has 8 heavy (non-hydrogen) atoms. The minimum absolute atomic E-state index is 0. The average molecular weight is 118 g/mol. The third-order valence-electron chi connectivity index (χ3n) is 0.566. The van der Waals surface area contributed by atoms with Crippen LogP contribution < -0.4 is 0 Å². The number of aromatic nitrogens is 1. The Hall–Kier alpha value is 0.110. The van der Waals surface area contributed by atoms with E-state index in [1.54, 1.807) is 12.4 Å². The Morgan fingerprint density at radius 2 is 1.38 bits per heavy atom. The van der Waals surface area contributed by atoms with Crippen LogP contribution in [0.1, 0.15) is 0 Å². The monoisotopic (exact) mass is 118 g/mol. The standard InChI is InChI=1S/C5H5N.Na.O/c1-2-4-6-5-3-1;;/h1-5H;;. The van der Waals surface area contributed by atoms with E-state index in [9.17, 15) is 0 Å². The van der Waals surface area contributed by atoms with E-state index in [0.29, 0.717) is 0 Å². The van der Waals surface area contributed by atoms with Gasteiger partial charge >= 0.3 is 0 Å². The zero-order valence-corrected chi connectivity index (χ0v) is 6.74. The molecule has 0 saturated carbocycles. The van der Waals surface area contributed by atoms with E-state index in [0.717, 1.165) is 0 Å². The summed E-state index contributed by atoms with van der Waals surface area (Å²) in [6.07, 6.45) is 3.50. The van der Waals surface area contributed by atoms with Crippen molar-refractivity contribution >= 4 is 29.6 Å². The van der Waals surface area contributed by atoms with Crippen LogP contribution in [-0.2, 0) is 5.48 Å². The number of hydrogen-bond acceptors (Lipinski definition) is 1. The second kappa shape index (κ2) is 7.11. The third kappa shape index (κ3) is 4.27. The normalized spacial score (nSPS) is 6.00. The molecule has 0 aliphatic carbocycles. The summed E-state index contributed by atoms with van der Waals surface area (Å²) in [6.45, 7) is 0. The fourth-order valence-corrected chi connectivity index (χ4v) is 0.313. The molecule has 0 aliphatic rings. The van der Waals surface area contributed by atoms with Gasteiger partial charge in [0.15, 0.2) is 0 Å². The largest absolute Gasteiger partial charge is 0.265 e. The molecule has 0 N–H and O–H groups in total. The second-order valence-electron chi connectivity index (χ2n) is 1.02. The molecule has 0 saturated heterocycles. The van der Waals surface area contributed by atoms with Crippen LogP contribution in [0.5, 0.6) is 0 Å². The van der Waals surface area contributed by atoms with Gasteiger partial charge in [0.05, 0.1) is 0 Å². The van der Waals surface area contributed by atoms with Crippen molar-refractivity contribution in [1.82, 2.24) is 4.98 Å². The zero-order chi connectivity index (χ0) is 4.24. The van der Waals surface area contributed by atoms with Crippen molar-refractivity contribution in [3.8, 4) is 0 Å². The Morgan fingerprint density at radius 3 is 1.50 bits per heavy atom. The molecule has 0 aromatic carbocycles. The molecular formula is C5H5NNaO. The Bertz CT molecular complexity index is 84.4. The number of hydrogen-bond donors (Lipinski definition) is 0. The predicted molar refractivity (Wildman–Crippen MR) is 30.7 cm³/mol. The summed E-state index contributed by atoms with van der Waals surface area (Å²) in [5, 5.41) is 0. The third-order valence-corrected chi connectivity index (χ3v) is 0.566. The Morgan fingerprint density at radius 1 is 0.875 bits per heavy atom. The quantitative estimate of drug-likeness (QED) is 0.459. The first-order valence-corrected chi connectivity index (χ1v) is 1.85. The predicted octanol–water partition coefficient (Wildman–Crippen LogP) is 0.582. The van der Waals surface area contributed by atoms with E-state index in [1.165, 1.54) is 0 Å². The van der Waals surface area contributed by atoms with E-state index in [4.69, 9.17) is 0 Å². The van der Waals surface area contributed by atoms with Gasteiger partial charge in [-0.1, -0.05) is 6.07 Å². The van der Waals surface area contributed by atoms with E-state index in [1.807, 2.05) is 18.2 Å². The average Bonchev–Trinajstić information content (AvgIpc) is 1.72. The second-order valence-corrected chi connectivity index (χ2v) is 1.02. The molecule has 3 radical (unpaired) electrons. The van der Waals surface area contributed by atoms with E-state index < -0.39 is 0 Å². The number of rotatable bonds is 0. The van der Waals surface area contributed by atoms with Gasteiger partial charge in [0.1, 0.15) is 0 Å². The first-order valence-electron chi connectivity index (χ1n) is 1.85. The molecule has 0 aliphatic heterocycles. The van der Waals surface area contributed by atoms with Crippen LogP contribution in [0.2, 0.25) is 0 Å². The van der Waals surface area contributed by atoms with Crippen LogP contribution in [0, 0.1) is 0 Å². The van der Waals surface area contributed by atoms with Gasteiger partial charge in [0.2, 0.25) is 0 Å². The molecule has 37 valence electrons. The maximum absolute atomic E-state index is 3.78. The summed E-state index contributed by atoms with van der Waals surface area (Å²) in [7, 11) is 0. The first-order chi connectivity index (χ1) is 3.00. The first kappa shape index (κ1) is 11.0. The minimum atomic E-state index is 0. The van der Waals surface area contributed by atoms with Gasteiger partial charge in [-0.05, 0) is 12.1 Å². The zero-order valence-electron chi connectivity index (χ0n) is 4.74. The van der Waals surface area contributed by atoms with Gasteiger partial charge in [0, 0.05) is 47.4 Å². The van der Waals surface area contributed by atoms with Crippen LogP contribution >= 0.6 is 0 Å². The van der Waals surface area contributed by atoms with Crippen LogP contribution in [0.15, 0.2) is 30.6 Å². The molecule has 3 heteroatoms. The van der Waals surface area contributed by atoms with E-state index >= 15 is 0 Å². The minimum Gasteiger partial charge on any atom is -0.265 e. The molecule has 0 unspecified atom stereocenters. The van der Waals surface area contributed by atoms with Crippen molar-refractivity contribution in [1.29, 1.82) is 0 Å². The van der Waals surface area contributed by atoms with Crippen LogP contribution in [0.3, 0.4) is 0 Å². The maximum atomic E-state index is 3.78. The van der Waals surface area contributed by atoms with Crippen molar-refractivity contribution in [3.05, 3.63) is 30.6 Å². The smallest absolute Gasteiger partial charge is 0.0267 e. The molecule has 1 aromatic heterocycles. The molecule has 0 fully saturated rings. The molecule has 0 amide bonds. The Balaban J connectivity index is 0. The SMILES string of the molecule is [Na].[O].c1ccncc1. The van der Waals surface area contributed by atoms with Crippen molar-refractivity contribution in [2.24, 2.45) is 0 Å². The van der Waals surface area contributed by atoms with Gasteiger partial charge in [-0.25, -0.2) is 0 Å². The molecule has 0 spiro atoms. The van der Waals surface area contributed by atoms with Gasteiger partial charge < -0.3 is 0 Å². The Labute approximate surface area is 70.5 Å². The number of nitrogens with zero attached hydrogens (tertiary/aromatic N) is 1. The molecule has 0 bridgehead atoms. The molecule has 1 rings (SSSR count). The summed E-state index contributed by atoms with van der Waals surface area (Å²) in [4.78, 5) is 3.78. The summed E-state index contributed by atoms with van der Waals surface area (Å²) in [5.41, 5.74) is 0. The molecule has 0 atom stereocenters. The topological polar surface area (TPSA) is 41.4 Å². The summed E-state index contributed by atoms with van der Waals surface area (Å²) < 4.78 is 0. The fourth-order valence-electron chi connectivity index (χ4n) is 0.313. The van der Waals surface area contributed by atoms with Crippen LogP contribution in [0.4, 0.5) is 0 Å². The molecular weight excluding hydrogens is 113 g/mol. The van der Waals surface area contributed by atoms with E-state index in [2.05, 4.69) is 4.98 Å². The van der Waals surface area contributed by atoms with Crippen LogP contribution in [0.25, 0.3) is 0 Å².